The molecule has 11 nitrogen and oxygen atoms in total. The topological polar surface area (TPSA) is 190 Å². The first kappa shape index (κ1) is 18.9. The third kappa shape index (κ3) is 3.23. The lowest BCUT2D eigenvalue weighted by atomic mass is 9.99. The van der Waals surface area contributed by atoms with Gasteiger partial charge in [0.1, 0.15) is 49.3 Å². The summed E-state index contributed by atoms with van der Waals surface area (Å²) in [6, 6.07) is 0. The minimum atomic E-state index is -2.22. The van der Waals surface area contributed by atoms with Crippen LogP contribution in [0.4, 0.5) is 0 Å². The van der Waals surface area contributed by atoms with Crippen LogP contribution >= 0.6 is 0 Å². The molecule has 0 radical (unpaired) electrons. The minimum absolute atomic E-state index is 0.669. The first-order valence-corrected chi connectivity index (χ1v) is 7.05. The zero-order valence-corrected chi connectivity index (χ0v) is 12.0. The smallest absolute Gasteiger partial charge is 0.224 e. The molecule has 0 aromatic carbocycles. The van der Waals surface area contributed by atoms with Crippen molar-refractivity contribution in [2.45, 2.75) is 54.8 Å². The molecule has 11 heteroatoms. The number of hydrogen-bond acceptors (Lipinski definition) is 11. The van der Waals surface area contributed by atoms with E-state index >= 15 is 0 Å². The number of hydrogen-bond donors (Lipinski definition) is 8. The predicted octanol–water partition coefficient (Wildman–Crippen LogP) is -5.40. The summed E-state index contributed by atoms with van der Waals surface area (Å²) in [5, 5.41) is 76.7. The van der Waals surface area contributed by atoms with Gasteiger partial charge in [-0.1, -0.05) is 0 Å². The van der Waals surface area contributed by atoms with Gasteiger partial charge in [-0.15, -0.1) is 0 Å². The van der Waals surface area contributed by atoms with Gasteiger partial charge in [0.15, 0.2) is 6.29 Å². The van der Waals surface area contributed by atoms with Crippen LogP contribution in [-0.4, -0.2) is 115 Å². The van der Waals surface area contributed by atoms with Gasteiger partial charge in [-0.2, -0.15) is 0 Å². The zero-order valence-electron chi connectivity index (χ0n) is 12.0. The summed E-state index contributed by atoms with van der Waals surface area (Å²) in [6.07, 6.45) is -12.7. The van der Waals surface area contributed by atoms with Crippen molar-refractivity contribution in [3.63, 3.8) is 0 Å². The van der Waals surface area contributed by atoms with Crippen LogP contribution in [0.5, 0.6) is 0 Å². The lowest BCUT2D eigenvalue weighted by molar-refractivity contribution is -0.383. The Balaban J connectivity index is 2.18. The second-order valence-corrected chi connectivity index (χ2v) is 5.56. The van der Waals surface area contributed by atoms with Gasteiger partial charge in [0.05, 0.1) is 13.2 Å². The van der Waals surface area contributed by atoms with Crippen molar-refractivity contribution in [3.8, 4) is 0 Å². The Labute approximate surface area is 130 Å². The van der Waals surface area contributed by atoms with Gasteiger partial charge < -0.3 is 55.1 Å². The second kappa shape index (κ2) is 7.21. The van der Waals surface area contributed by atoms with E-state index in [0.717, 1.165) is 0 Å². The van der Waals surface area contributed by atoms with Gasteiger partial charge in [0.25, 0.3) is 0 Å². The lowest BCUT2D eigenvalue weighted by Gasteiger charge is -2.43. The third-order valence-electron chi connectivity index (χ3n) is 4.07. The van der Waals surface area contributed by atoms with E-state index in [4.69, 9.17) is 24.4 Å². The molecule has 0 aliphatic carbocycles. The van der Waals surface area contributed by atoms with Gasteiger partial charge in [-0.05, 0) is 0 Å². The van der Waals surface area contributed by atoms with Gasteiger partial charge in [-0.25, -0.2) is 0 Å². The highest BCUT2D eigenvalue weighted by Gasteiger charge is 2.58. The van der Waals surface area contributed by atoms with Crippen LogP contribution in [0.15, 0.2) is 0 Å². The molecular weight excluding hydrogens is 320 g/mol. The van der Waals surface area contributed by atoms with Crippen LogP contribution in [0, 0.1) is 0 Å². The Morgan fingerprint density at radius 2 is 1.39 bits per heavy atom. The first-order valence-electron chi connectivity index (χ1n) is 7.05. The summed E-state index contributed by atoms with van der Waals surface area (Å²) < 4.78 is 15.4. The summed E-state index contributed by atoms with van der Waals surface area (Å²) >= 11 is 0. The highest BCUT2D eigenvalue weighted by atomic mass is 16.8. The van der Waals surface area contributed by atoms with Gasteiger partial charge in [0.2, 0.25) is 5.79 Å². The normalized spacial score (nSPS) is 51.1. The molecule has 3 unspecified atom stereocenters. The highest BCUT2D eigenvalue weighted by molar-refractivity contribution is 4.98. The first-order chi connectivity index (χ1) is 10.8. The van der Waals surface area contributed by atoms with Crippen molar-refractivity contribution >= 4 is 0 Å². The molecule has 0 bridgehead atoms. The van der Waals surface area contributed by atoms with E-state index in [0.29, 0.717) is 0 Å². The largest absolute Gasteiger partial charge is 0.394 e. The molecule has 9 atom stereocenters. The highest BCUT2D eigenvalue weighted by Crippen LogP contribution is 2.35. The monoisotopic (exact) mass is 342 g/mol. The lowest BCUT2D eigenvalue weighted by Crippen LogP contribution is -2.62. The molecule has 8 N–H and O–H groups in total. The summed E-state index contributed by atoms with van der Waals surface area (Å²) in [5.74, 6) is -2.22. The average molecular weight is 342 g/mol. The Hall–Kier alpha value is -0.440. The van der Waals surface area contributed by atoms with Gasteiger partial charge >= 0.3 is 0 Å². The van der Waals surface area contributed by atoms with Crippen molar-refractivity contribution in [2.75, 3.05) is 19.8 Å². The Kier molecular flexibility index (Phi) is 5.92. The molecule has 23 heavy (non-hydrogen) atoms. The van der Waals surface area contributed by atoms with E-state index in [2.05, 4.69) is 0 Å². The molecule has 0 aromatic rings. The summed E-state index contributed by atoms with van der Waals surface area (Å²) in [6.45, 7) is -2.32. The molecule has 2 saturated heterocycles. The molecule has 2 aliphatic heterocycles. The Morgan fingerprint density at radius 3 is 1.87 bits per heavy atom. The molecule has 0 amide bonds. The van der Waals surface area contributed by atoms with E-state index in [9.17, 15) is 30.6 Å². The van der Waals surface area contributed by atoms with E-state index in [-0.39, 0.29) is 0 Å². The number of aliphatic hydroxyl groups excluding tert-OH is 8. The molecular formula is C12H22O11. The molecule has 136 valence electrons. The van der Waals surface area contributed by atoms with Crippen LogP contribution in [0.1, 0.15) is 0 Å². The quantitative estimate of drug-likeness (QED) is 0.238. The van der Waals surface area contributed by atoms with Crippen molar-refractivity contribution in [1.82, 2.24) is 0 Å². The Morgan fingerprint density at radius 1 is 0.783 bits per heavy atom. The maximum absolute atomic E-state index is 10.00. The van der Waals surface area contributed by atoms with Gasteiger partial charge in [-0.3, -0.25) is 0 Å². The number of ether oxygens (including phenoxy) is 3. The van der Waals surface area contributed by atoms with Crippen LogP contribution in [-0.2, 0) is 14.2 Å². The molecule has 0 saturated carbocycles. The third-order valence-corrected chi connectivity index (χ3v) is 4.07. The van der Waals surface area contributed by atoms with Crippen LogP contribution < -0.4 is 0 Å². The van der Waals surface area contributed by atoms with E-state index in [1.54, 1.807) is 0 Å². The molecule has 2 rings (SSSR count). The minimum Gasteiger partial charge on any atom is -0.394 e. The maximum Gasteiger partial charge on any atom is 0.224 e. The van der Waals surface area contributed by atoms with Crippen molar-refractivity contribution in [3.05, 3.63) is 0 Å². The predicted molar refractivity (Wildman–Crippen MR) is 68.6 cm³/mol. The number of rotatable bonds is 5. The van der Waals surface area contributed by atoms with E-state index in [1.807, 2.05) is 0 Å². The molecule has 0 aromatic heterocycles. The number of aliphatic hydroxyl groups is 8. The molecule has 2 heterocycles. The van der Waals surface area contributed by atoms with Crippen LogP contribution in [0.2, 0.25) is 0 Å². The summed E-state index contributed by atoms with van der Waals surface area (Å²) in [7, 11) is 0. The van der Waals surface area contributed by atoms with Crippen molar-refractivity contribution in [1.29, 1.82) is 0 Å². The molecule has 2 aliphatic rings. The van der Waals surface area contributed by atoms with Crippen molar-refractivity contribution < 1.29 is 55.1 Å². The van der Waals surface area contributed by atoms with Crippen molar-refractivity contribution in [2.24, 2.45) is 0 Å². The SMILES string of the molecule is OCC1O[C@H](O[C@]2(CO)O[C@@H](CO)C(O)[C@H]2O)C(O)[C@@H](O)[C@@H]1O. The second-order valence-electron chi connectivity index (χ2n) is 5.56. The van der Waals surface area contributed by atoms with E-state index in [1.165, 1.54) is 0 Å². The fraction of sp³-hybridized carbons (Fsp3) is 1.00. The standard InChI is InChI=1S/C12H22O11/c13-1-4-6(16)8(18)9(19)11(21-4)23-12(3-15)10(20)7(17)5(2-14)22-12/h4-11,13-20H,1-3H2/t4?,5-,6+,7?,8-,9?,10+,11+,12-/m0/s1. The Bertz CT molecular complexity index is 393. The van der Waals surface area contributed by atoms with Gasteiger partial charge in [0, 0.05) is 0 Å². The molecule has 2 fully saturated rings. The zero-order chi connectivity index (χ0) is 17.4. The average Bonchev–Trinajstić information content (AvgIpc) is 2.80. The van der Waals surface area contributed by atoms with E-state index < -0.39 is 74.6 Å². The summed E-state index contributed by atoms with van der Waals surface area (Å²) in [4.78, 5) is 0. The fourth-order valence-corrected chi connectivity index (χ4v) is 2.63. The van der Waals surface area contributed by atoms with Crippen LogP contribution in [0.3, 0.4) is 0 Å². The molecule has 0 spiro atoms. The van der Waals surface area contributed by atoms with Crippen LogP contribution in [0.25, 0.3) is 0 Å². The maximum atomic E-state index is 10.00. The summed E-state index contributed by atoms with van der Waals surface area (Å²) in [5.41, 5.74) is 0. The fourth-order valence-electron chi connectivity index (χ4n) is 2.63.